The molecule has 1 unspecified atom stereocenters. The van der Waals surface area contributed by atoms with Gasteiger partial charge in [0.1, 0.15) is 5.75 Å². The van der Waals surface area contributed by atoms with Crippen molar-refractivity contribution in [1.82, 2.24) is 15.1 Å². The topological polar surface area (TPSA) is 86.6 Å². The Balaban J connectivity index is 1.43. The highest BCUT2D eigenvalue weighted by atomic mass is 16.5. The van der Waals surface area contributed by atoms with Gasteiger partial charge < -0.3 is 24.8 Å². The molecule has 1 aliphatic heterocycles. The summed E-state index contributed by atoms with van der Waals surface area (Å²) in [6, 6.07) is 15.3. The smallest absolute Gasteiger partial charge is 0.262 e. The number of hydrogen-bond acceptors (Lipinski definition) is 6. The number of para-hydroxylation sites is 2. The fourth-order valence-electron chi connectivity index (χ4n) is 3.96. The van der Waals surface area contributed by atoms with E-state index in [9.17, 15) is 4.79 Å². The lowest BCUT2D eigenvalue weighted by molar-refractivity contribution is -0.118. The lowest BCUT2D eigenvalue weighted by Crippen LogP contribution is -2.23. The molecule has 1 aromatic heterocycles. The fraction of sp³-hybridized carbons (Fsp3) is 0.360. The van der Waals surface area contributed by atoms with Crippen LogP contribution in [0.2, 0.25) is 0 Å². The van der Waals surface area contributed by atoms with E-state index in [1.54, 1.807) is 30.1 Å². The Hall–Kier alpha value is -3.52. The molecule has 1 amide bonds. The summed E-state index contributed by atoms with van der Waals surface area (Å²) in [5, 5.41) is 10.7. The van der Waals surface area contributed by atoms with Crippen LogP contribution in [-0.4, -0.2) is 48.6 Å². The Morgan fingerprint density at radius 3 is 2.73 bits per heavy atom. The van der Waals surface area contributed by atoms with E-state index in [-0.39, 0.29) is 12.5 Å². The van der Waals surface area contributed by atoms with Crippen LogP contribution >= 0.6 is 0 Å². The molecule has 4 rings (SSSR count). The van der Waals surface area contributed by atoms with Gasteiger partial charge in [0.2, 0.25) is 0 Å². The molecule has 1 fully saturated rings. The summed E-state index contributed by atoms with van der Waals surface area (Å²) in [5.74, 6) is 1.60. The summed E-state index contributed by atoms with van der Waals surface area (Å²) in [5.41, 5.74) is 2.44. The van der Waals surface area contributed by atoms with Crippen LogP contribution in [0.5, 0.6) is 17.2 Å². The SMILES string of the molecule is COc1ccccc1OCC(=O)Nc1ccc(OCCC2CCCN2)c(-c2ccnn2C)c1. The minimum absolute atomic E-state index is 0.131. The number of methoxy groups -OCH3 is 1. The number of aromatic nitrogens is 2. The van der Waals surface area contributed by atoms with Crippen LogP contribution in [-0.2, 0) is 11.8 Å². The summed E-state index contributed by atoms with van der Waals surface area (Å²) in [6.07, 6.45) is 5.12. The highest BCUT2D eigenvalue weighted by molar-refractivity contribution is 5.93. The van der Waals surface area contributed by atoms with Gasteiger partial charge in [-0.15, -0.1) is 0 Å². The molecule has 0 radical (unpaired) electrons. The summed E-state index contributed by atoms with van der Waals surface area (Å²) in [6.45, 7) is 1.58. The van der Waals surface area contributed by atoms with E-state index >= 15 is 0 Å². The molecule has 0 saturated carbocycles. The normalized spacial score (nSPS) is 15.3. The van der Waals surface area contributed by atoms with Crippen molar-refractivity contribution in [3.8, 4) is 28.5 Å². The van der Waals surface area contributed by atoms with Gasteiger partial charge in [-0.3, -0.25) is 9.48 Å². The molecule has 0 spiro atoms. The van der Waals surface area contributed by atoms with E-state index in [2.05, 4.69) is 15.7 Å². The molecule has 2 heterocycles. The van der Waals surface area contributed by atoms with Crippen LogP contribution in [0.4, 0.5) is 5.69 Å². The molecule has 2 N–H and O–H groups in total. The quantitative estimate of drug-likeness (QED) is 0.491. The monoisotopic (exact) mass is 450 g/mol. The Labute approximate surface area is 193 Å². The molecule has 1 aliphatic rings. The summed E-state index contributed by atoms with van der Waals surface area (Å²) in [4.78, 5) is 12.5. The largest absolute Gasteiger partial charge is 0.493 e. The average molecular weight is 451 g/mol. The summed E-state index contributed by atoms with van der Waals surface area (Å²) in [7, 11) is 3.45. The first-order valence-corrected chi connectivity index (χ1v) is 11.2. The first-order valence-electron chi connectivity index (χ1n) is 11.2. The summed E-state index contributed by atoms with van der Waals surface area (Å²) < 4.78 is 18.8. The maximum absolute atomic E-state index is 12.5. The number of aryl methyl sites for hydroxylation is 1. The lowest BCUT2D eigenvalue weighted by Gasteiger charge is -2.16. The summed E-state index contributed by atoms with van der Waals surface area (Å²) >= 11 is 0. The second kappa shape index (κ2) is 10.9. The number of nitrogens with zero attached hydrogens (tertiary/aromatic N) is 2. The molecule has 8 nitrogen and oxygen atoms in total. The number of benzene rings is 2. The van der Waals surface area contributed by atoms with Crippen molar-refractivity contribution in [3.63, 3.8) is 0 Å². The predicted octanol–water partition coefficient (Wildman–Crippen LogP) is 3.63. The number of carbonyl (C=O) groups excluding carboxylic acids is 1. The van der Waals surface area contributed by atoms with Gasteiger partial charge >= 0.3 is 0 Å². The van der Waals surface area contributed by atoms with Crippen LogP contribution in [0.15, 0.2) is 54.7 Å². The zero-order valence-corrected chi connectivity index (χ0v) is 19.0. The molecule has 1 saturated heterocycles. The maximum Gasteiger partial charge on any atom is 0.262 e. The standard InChI is InChI=1S/C25H30N4O4/c1-29-21(11-14-27-29)20-16-19(9-10-22(20)32-15-12-18-6-5-13-26-18)28-25(30)17-33-24-8-4-3-7-23(24)31-2/h3-4,7-11,14,16,18,26H,5-6,12-13,15,17H2,1-2H3,(H,28,30). The molecule has 0 aliphatic carbocycles. The van der Waals surface area contributed by atoms with E-state index in [1.807, 2.05) is 43.4 Å². The zero-order valence-electron chi connectivity index (χ0n) is 19.0. The van der Waals surface area contributed by atoms with Crippen molar-refractivity contribution in [3.05, 3.63) is 54.7 Å². The highest BCUT2D eigenvalue weighted by Gasteiger charge is 2.16. The Kier molecular flexibility index (Phi) is 7.47. The lowest BCUT2D eigenvalue weighted by atomic mass is 10.1. The number of anilines is 1. The number of rotatable bonds is 10. The van der Waals surface area contributed by atoms with E-state index in [0.29, 0.717) is 29.8 Å². The highest BCUT2D eigenvalue weighted by Crippen LogP contribution is 2.33. The molecule has 33 heavy (non-hydrogen) atoms. The second-order valence-corrected chi connectivity index (χ2v) is 7.97. The van der Waals surface area contributed by atoms with Gasteiger partial charge in [0.25, 0.3) is 5.91 Å². The van der Waals surface area contributed by atoms with Crippen LogP contribution in [0.25, 0.3) is 11.3 Å². The van der Waals surface area contributed by atoms with E-state index in [4.69, 9.17) is 14.2 Å². The number of amides is 1. The van der Waals surface area contributed by atoms with E-state index in [0.717, 1.165) is 30.0 Å². The molecule has 174 valence electrons. The van der Waals surface area contributed by atoms with Gasteiger partial charge in [-0.1, -0.05) is 12.1 Å². The Bertz CT molecular complexity index is 1080. The molecular formula is C25H30N4O4. The fourth-order valence-corrected chi connectivity index (χ4v) is 3.96. The zero-order chi connectivity index (χ0) is 23.0. The molecule has 8 heteroatoms. The van der Waals surface area contributed by atoms with Gasteiger partial charge in [0.05, 0.1) is 19.4 Å². The van der Waals surface area contributed by atoms with Crippen molar-refractivity contribution < 1.29 is 19.0 Å². The van der Waals surface area contributed by atoms with Gasteiger partial charge in [-0.05, 0) is 62.2 Å². The minimum Gasteiger partial charge on any atom is -0.493 e. The van der Waals surface area contributed by atoms with Crippen molar-refractivity contribution in [2.75, 3.05) is 32.2 Å². The van der Waals surface area contributed by atoms with Crippen LogP contribution in [0, 0.1) is 0 Å². The molecule has 0 bridgehead atoms. The van der Waals surface area contributed by atoms with Gasteiger partial charge in [-0.2, -0.15) is 5.10 Å². The van der Waals surface area contributed by atoms with Crippen molar-refractivity contribution in [1.29, 1.82) is 0 Å². The van der Waals surface area contributed by atoms with Gasteiger partial charge in [0.15, 0.2) is 18.1 Å². The van der Waals surface area contributed by atoms with Crippen LogP contribution < -0.4 is 24.8 Å². The number of ether oxygens (including phenoxy) is 3. The minimum atomic E-state index is -0.266. The first-order chi connectivity index (χ1) is 16.1. The van der Waals surface area contributed by atoms with E-state index in [1.165, 1.54) is 12.8 Å². The van der Waals surface area contributed by atoms with E-state index < -0.39 is 0 Å². The third-order valence-corrected chi connectivity index (χ3v) is 5.67. The molecular weight excluding hydrogens is 420 g/mol. The third-order valence-electron chi connectivity index (χ3n) is 5.67. The van der Waals surface area contributed by atoms with Gasteiger partial charge in [-0.25, -0.2) is 0 Å². The molecule has 3 aromatic rings. The average Bonchev–Trinajstić information content (AvgIpc) is 3.50. The van der Waals surface area contributed by atoms with Gasteiger partial charge in [0, 0.05) is 30.5 Å². The first kappa shape index (κ1) is 22.7. The van der Waals surface area contributed by atoms with Crippen molar-refractivity contribution >= 4 is 11.6 Å². The third kappa shape index (κ3) is 5.84. The second-order valence-electron chi connectivity index (χ2n) is 7.97. The number of nitrogens with one attached hydrogen (secondary N) is 2. The van der Waals surface area contributed by atoms with Crippen LogP contribution in [0.1, 0.15) is 19.3 Å². The van der Waals surface area contributed by atoms with Crippen molar-refractivity contribution in [2.45, 2.75) is 25.3 Å². The molecule has 1 atom stereocenters. The van der Waals surface area contributed by atoms with Crippen molar-refractivity contribution in [2.24, 2.45) is 7.05 Å². The Morgan fingerprint density at radius 2 is 2.00 bits per heavy atom. The Morgan fingerprint density at radius 1 is 1.15 bits per heavy atom. The number of hydrogen-bond donors (Lipinski definition) is 2. The predicted molar refractivity (Wildman–Crippen MR) is 127 cm³/mol. The number of carbonyl (C=O) groups is 1. The molecule has 2 aromatic carbocycles. The van der Waals surface area contributed by atoms with Crippen LogP contribution in [0.3, 0.4) is 0 Å². The maximum atomic E-state index is 12.5.